The molecular weight excluding hydrogens is 198 g/mol. The zero-order valence-corrected chi connectivity index (χ0v) is 10.4. The van der Waals surface area contributed by atoms with Gasteiger partial charge in [0.15, 0.2) is 0 Å². The van der Waals surface area contributed by atoms with Gasteiger partial charge in [-0.1, -0.05) is 38.3 Å². The lowest BCUT2D eigenvalue weighted by atomic mass is 10.0. The van der Waals surface area contributed by atoms with Crippen molar-refractivity contribution in [2.24, 2.45) is 5.73 Å². The molecule has 1 rings (SSSR count). The predicted octanol–water partition coefficient (Wildman–Crippen LogP) is 3.15. The topological polar surface area (TPSA) is 35.2 Å². The van der Waals surface area contributed by atoms with E-state index in [1.807, 2.05) is 12.1 Å². The van der Waals surface area contributed by atoms with E-state index in [0.717, 1.165) is 18.6 Å². The van der Waals surface area contributed by atoms with E-state index < -0.39 is 0 Å². The van der Waals surface area contributed by atoms with Gasteiger partial charge >= 0.3 is 0 Å². The minimum Gasteiger partial charge on any atom is -0.497 e. The highest BCUT2D eigenvalue weighted by Crippen LogP contribution is 2.13. The Balaban J connectivity index is 2.34. The Morgan fingerprint density at radius 3 is 2.44 bits per heavy atom. The minimum atomic E-state index is 0.292. The van der Waals surface area contributed by atoms with Gasteiger partial charge in [0.1, 0.15) is 5.75 Å². The molecular formula is C14H23NO. The van der Waals surface area contributed by atoms with Crippen LogP contribution in [0.5, 0.6) is 5.75 Å². The summed E-state index contributed by atoms with van der Waals surface area (Å²) in [6, 6.07) is 8.47. The molecule has 1 aromatic carbocycles. The molecule has 2 N–H and O–H groups in total. The van der Waals surface area contributed by atoms with Gasteiger partial charge in [-0.3, -0.25) is 0 Å². The van der Waals surface area contributed by atoms with Gasteiger partial charge in [0.25, 0.3) is 0 Å². The Bertz CT molecular complexity index is 281. The van der Waals surface area contributed by atoms with E-state index in [2.05, 4.69) is 19.1 Å². The Kier molecular flexibility index (Phi) is 5.94. The summed E-state index contributed by atoms with van der Waals surface area (Å²) in [4.78, 5) is 0. The SMILES string of the molecule is CCCCCC(N)Cc1ccc(OC)cc1. The highest BCUT2D eigenvalue weighted by molar-refractivity contribution is 5.27. The van der Waals surface area contributed by atoms with E-state index in [1.165, 1.54) is 24.8 Å². The average molecular weight is 221 g/mol. The number of ether oxygens (including phenoxy) is 1. The second-order valence-electron chi connectivity index (χ2n) is 4.31. The third kappa shape index (κ3) is 4.67. The predicted molar refractivity (Wildman–Crippen MR) is 68.8 cm³/mol. The Labute approximate surface area is 98.8 Å². The summed E-state index contributed by atoms with van der Waals surface area (Å²) in [5, 5.41) is 0. The highest BCUT2D eigenvalue weighted by atomic mass is 16.5. The number of nitrogens with two attached hydrogens (primary N) is 1. The molecule has 0 amide bonds. The first-order valence-corrected chi connectivity index (χ1v) is 6.14. The molecule has 0 aliphatic heterocycles. The molecule has 0 aromatic heterocycles. The molecule has 1 unspecified atom stereocenters. The van der Waals surface area contributed by atoms with E-state index in [4.69, 9.17) is 10.5 Å². The molecule has 0 aliphatic carbocycles. The van der Waals surface area contributed by atoms with Crippen molar-refractivity contribution in [1.82, 2.24) is 0 Å². The molecule has 90 valence electrons. The largest absolute Gasteiger partial charge is 0.497 e. The van der Waals surface area contributed by atoms with Crippen LogP contribution in [-0.4, -0.2) is 13.2 Å². The first-order chi connectivity index (χ1) is 7.76. The van der Waals surface area contributed by atoms with Gasteiger partial charge in [-0.25, -0.2) is 0 Å². The van der Waals surface area contributed by atoms with Crippen LogP contribution in [0.3, 0.4) is 0 Å². The average Bonchev–Trinajstić information content (AvgIpc) is 2.30. The second kappa shape index (κ2) is 7.29. The first-order valence-electron chi connectivity index (χ1n) is 6.14. The summed E-state index contributed by atoms with van der Waals surface area (Å²) in [5.74, 6) is 0.906. The highest BCUT2D eigenvalue weighted by Gasteiger charge is 2.03. The molecule has 0 radical (unpaired) electrons. The van der Waals surface area contributed by atoms with Crippen LogP contribution >= 0.6 is 0 Å². The summed E-state index contributed by atoms with van der Waals surface area (Å²) < 4.78 is 5.12. The van der Waals surface area contributed by atoms with Crippen molar-refractivity contribution >= 4 is 0 Å². The molecule has 1 atom stereocenters. The van der Waals surface area contributed by atoms with E-state index in [9.17, 15) is 0 Å². The third-order valence-electron chi connectivity index (χ3n) is 2.84. The molecule has 0 saturated carbocycles. The monoisotopic (exact) mass is 221 g/mol. The maximum Gasteiger partial charge on any atom is 0.118 e. The zero-order chi connectivity index (χ0) is 11.8. The van der Waals surface area contributed by atoms with Crippen LogP contribution < -0.4 is 10.5 Å². The molecule has 0 heterocycles. The molecule has 1 aromatic rings. The minimum absolute atomic E-state index is 0.292. The Morgan fingerprint density at radius 1 is 1.19 bits per heavy atom. The number of rotatable bonds is 7. The summed E-state index contributed by atoms with van der Waals surface area (Å²) in [7, 11) is 1.69. The van der Waals surface area contributed by atoms with Gasteiger partial charge in [-0.2, -0.15) is 0 Å². The summed E-state index contributed by atoms with van der Waals surface area (Å²) in [6.07, 6.45) is 5.88. The molecule has 2 nitrogen and oxygen atoms in total. The number of hydrogen-bond acceptors (Lipinski definition) is 2. The van der Waals surface area contributed by atoms with Gasteiger partial charge in [0.05, 0.1) is 7.11 Å². The van der Waals surface area contributed by atoms with Gasteiger partial charge in [0.2, 0.25) is 0 Å². The molecule has 0 saturated heterocycles. The van der Waals surface area contributed by atoms with Gasteiger partial charge in [0, 0.05) is 6.04 Å². The van der Waals surface area contributed by atoms with Gasteiger partial charge in [-0.15, -0.1) is 0 Å². The van der Waals surface area contributed by atoms with Crippen molar-refractivity contribution in [2.45, 2.75) is 45.1 Å². The lowest BCUT2D eigenvalue weighted by Gasteiger charge is -2.11. The van der Waals surface area contributed by atoms with Crippen molar-refractivity contribution < 1.29 is 4.74 Å². The van der Waals surface area contributed by atoms with Crippen molar-refractivity contribution in [1.29, 1.82) is 0 Å². The van der Waals surface area contributed by atoms with Crippen LogP contribution in [0.1, 0.15) is 38.2 Å². The van der Waals surface area contributed by atoms with Crippen molar-refractivity contribution in [3.63, 3.8) is 0 Å². The first kappa shape index (κ1) is 13.0. The fraction of sp³-hybridized carbons (Fsp3) is 0.571. The lowest BCUT2D eigenvalue weighted by molar-refractivity contribution is 0.414. The van der Waals surface area contributed by atoms with Crippen molar-refractivity contribution in [3.8, 4) is 5.75 Å². The number of methoxy groups -OCH3 is 1. The number of benzene rings is 1. The number of hydrogen-bond donors (Lipinski definition) is 1. The summed E-state index contributed by atoms with van der Waals surface area (Å²) in [6.45, 7) is 2.22. The molecule has 0 spiro atoms. The van der Waals surface area contributed by atoms with Crippen molar-refractivity contribution in [2.75, 3.05) is 7.11 Å². The van der Waals surface area contributed by atoms with Crippen LogP contribution in [0.25, 0.3) is 0 Å². The van der Waals surface area contributed by atoms with Crippen LogP contribution in [0.4, 0.5) is 0 Å². The van der Waals surface area contributed by atoms with Crippen LogP contribution in [0.15, 0.2) is 24.3 Å². The van der Waals surface area contributed by atoms with E-state index >= 15 is 0 Å². The van der Waals surface area contributed by atoms with E-state index in [1.54, 1.807) is 7.11 Å². The van der Waals surface area contributed by atoms with Crippen LogP contribution in [0, 0.1) is 0 Å². The zero-order valence-electron chi connectivity index (χ0n) is 10.4. The summed E-state index contributed by atoms with van der Waals surface area (Å²) in [5.41, 5.74) is 7.38. The maximum atomic E-state index is 6.09. The molecule has 16 heavy (non-hydrogen) atoms. The fourth-order valence-electron chi connectivity index (χ4n) is 1.82. The van der Waals surface area contributed by atoms with E-state index in [-0.39, 0.29) is 0 Å². The fourth-order valence-corrected chi connectivity index (χ4v) is 1.82. The molecule has 0 aliphatic rings. The standard InChI is InChI=1S/C14H23NO/c1-3-4-5-6-13(15)11-12-7-9-14(16-2)10-8-12/h7-10,13H,3-6,11,15H2,1-2H3. The van der Waals surface area contributed by atoms with Gasteiger partial charge in [-0.05, 0) is 30.5 Å². The number of unbranched alkanes of at least 4 members (excludes halogenated alkanes) is 2. The second-order valence-corrected chi connectivity index (χ2v) is 4.31. The maximum absolute atomic E-state index is 6.09. The Morgan fingerprint density at radius 2 is 1.88 bits per heavy atom. The van der Waals surface area contributed by atoms with Crippen LogP contribution in [0.2, 0.25) is 0 Å². The lowest BCUT2D eigenvalue weighted by Crippen LogP contribution is -2.22. The Hall–Kier alpha value is -1.02. The quantitative estimate of drug-likeness (QED) is 0.718. The van der Waals surface area contributed by atoms with E-state index in [0.29, 0.717) is 6.04 Å². The van der Waals surface area contributed by atoms with Gasteiger partial charge < -0.3 is 10.5 Å². The molecule has 0 bridgehead atoms. The van der Waals surface area contributed by atoms with Crippen LogP contribution in [-0.2, 0) is 6.42 Å². The normalized spacial score (nSPS) is 12.4. The molecule has 0 fully saturated rings. The van der Waals surface area contributed by atoms with Crippen molar-refractivity contribution in [3.05, 3.63) is 29.8 Å². The smallest absolute Gasteiger partial charge is 0.118 e. The third-order valence-corrected chi connectivity index (χ3v) is 2.84. The summed E-state index contributed by atoms with van der Waals surface area (Å²) >= 11 is 0. The molecule has 2 heteroatoms.